The van der Waals surface area contributed by atoms with Gasteiger partial charge in [-0.25, -0.2) is 4.79 Å². The van der Waals surface area contributed by atoms with Crippen molar-refractivity contribution in [3.8, 4) is 5.75 Å². The van der Waals surface area contributed by atoms with E-state index >= 15 is 0 Å². The Morgan fingerprint density at radius 3 is 1.78 bits per heavy atom. The monoisotopic (exact) mass is 322 g/mol. The summed E-state index contributed by atoms with van der Waals surface area (Å²) in [4.78, 5) is 11.7. The molecule has 1 atom stereocenters. The molecule has 0 aliphatic rings. The van der Waals surface area contributed by atoms with Gasteiger partial charge in [-0.1, -0.05) is 41.5 Å². The van der Waals surface area contributed by atoms with Crippen LogP contribution in [-0.4, -0.2) is 28.5 Å². The second-order valence-electron chi connectivity index (χ2n) is 8.04. The summed E-state index contributed by atoms with van der Waals surface area (Å²) in [6, 6.07) is 2.63. The first-order chi connectivity index (χ1) is 10.3. The molecule has 0 fully saturated rings. The standard InChI is InChI=1S/C18H30N2O3/c1-11(20(23)16(22)19-8)12-9-13(17(2,3)4)15(21)14(10-12)18(5,6)7/h9-11,21,23H,1-8H3,(H,19,22). The summed E-state index contributed by atoms with van der Waals surface area (Å²) in [7, 11) is 1.47. The summed E-state index contributed by atoms with van der Waals surface area (Å²) in [5.41, 5.74) is 1.87. The van der Waals surface area contributed by atoms with E-state index in [4.69, 9.17) is 0 Å². The molecular weight excluding hydrogens is 292 g/mol. The molecule has 0 spiro atoms. The normalized spacial score (nSPS) is 13.6. The van der Waals surface area contributed by atoms with Gasteiger partial charge < -0.3 is 10.4 Å². The molecule has 1 unspecified atom stereocenters. The fourth-order valence-corrected chi connectivity index (χ4v) is 2.47. The third kappa shape index (κ3) is 4.16. The second-order valence-corrected chi connectivity index (χ2v) is 8.04. The molecule has 3 N–H and O–H groups in total. The van der Waals surface area contributed by atoms with Crippen molar-refractivity contribution in [2.75, 3.05) is 7.05 Å². The zero-order chi connectivity index (χ0) is 18.2. The molecule has 23 heavy (non-hydrogen) atoms. The molecule has 0 saturated heterocycles. The zero-order valence-corrected chi connectivity index (χ0v) is 15.5. The topological polar surface area (TPSA) is 72.8 Å². The lowest BCUT2D eigenvalue weighted by Gasteiger charge is -2.30. The van der Waals surface area contributed by atoms with Gasteiger partial charge in [-0.3, -0.25) is 5.21 Å². The van der Waals surface area contributed by atoms with Gasteiger partial charge in [-0.2, -0.15) is 5.06 Å². The minimum atomic E-state index is -0.569. The van der Waals surface area contributed by atoms with Gasteiger partial charge in [0.2, 0.25) is 0 Å². The summed E-state index contributed by atoms with van der Waals surface area (Å²) in [6.07, 6.45) is 0. The van der Waals surface area contributed by atoms with Gasteiger partial charge in [-0.15, -0.1) is 0 Å². The maximum absolute atomic E-state index is 11.7. The van der Waals surface area contributed by atoms with E-state index in [1.165, 1.54) is 7.05 Å². The highest BCUT2D eigenvalue weighted by Gasteiger charge is 2.29. The lowest BCUT2D eigenvalue weighted by molar-refractivity contribution is -0.0738. The van der Waals surface area contributed by atoms with E-state index in [9.17, 15) is 15.1 Å². The summed E-state index contributed by atoms with van der Waals surface area (Å²) in [6.45, 7) is 13.9. The molecule has 0 saturated carbocycles. The minimum Gasteiger partial charge on any atom is -0.507 e. The Bertz CT molecular complexity index is 548. The fraction of sp³-hybridized carbons (Fsp3) is 0.611. The molecule has 5 heteroatoms. The molecule has 0 aromatic heterocycles. The fourth-order valence-electron chi connectivity index (χ4n) is 2.47. The minimum absolute atomic E-state index is 0.257. The Balaban J connectivity index is 3.53. The van der Waals surface area contributed by atoms with Crippen LogP contribution in [0.3, 0.4) is 0 Å². The predicted octanol–water partition coefficient (Wildman–Crippen LogP) is 4.08. The van der Waals surface area contributed by atoms with Gasteiger partial charge >= 0.3 is 6.03 Å². The number of nitrogens with one attached hydrogen (secondary N) is 1. The molecule has 0 heterocycles. The predicted molar refractivity (Wildman–Crippen MR) is 92.0 cm³/mol. The summed E-state index contributed by atoms with van der Waals surface area (Å²) in [5.74, 6) is 0.283. The maximum atomic E-state index is 11.7. The van der Waals surface area contributed by atoms with Gasteiger partial charge in [0.05, 0.1) is 6.04 Å². The first kappa shape index (κ1) is 19.3. The number of phenolic OH excluding ortho intramolecular Hbond substituents is 1. The van der Waals surface area contributed by atoms with Gasteiger partial charge in [0.25, 0.3) is 0 Å². The van der Waals surface area contributed by atoms with Crippen molar-refractivity contribution >= 4 is 6.03 Å². The number of benzene rings is 1. The third-order valence-electron chi connectivity index (χ3n) is 4.02. The molecule has 0 aliphatic carbocycles. The van der Waals surface area contributed by atoms with Crippen LogP contribution in [0.4, 0.5) is 4.79 Å². The van der Waals surface area contributed by atoms with Crippen LogP contribution in [0.1, 0.15) is 71.2 Å². The van der Waals surface area contributed by atoms with Gasteiger partial charge in [-0.05, 0) is 46.6 Å². The van der Waals surface area contributed by atoms with Crippen LogP contribution in [0.15, 0.2) is 12.1 Å². The van der Waals surface area contributed by atoms with E-state index in [2.05, 4.69) is 5.32 Å². The number of phenols is 1. The number of urea groups is 1. The third-order valence-corrected chi connectivity index (χ3v) is 4.02. The van der Waals surface area contributed by atoms with Crippen molar-refractivity contribution in [3.63, 3.8) is 0 Å². The largest absolute Gasteiger partial charge is 0.507 e. The molecule has 1 aromatic carbocycles. The second kappa shape index (κ2) is 6.40. The highest BCUT2D eigenvalue weighted by molar-refractivity contribution is 5.73. The molecule has 1 rings (SSSR count). The SMILES string of the molecule is CNC(=O)N(O)C(C)c1cc(C(C)(C)C)c(O)c(C(C)(C)C)c1. The van der Waals surface area contributed by atoms with Crippen molar-refractivity contribution in [3.05, 3.63) is 28.8 Å². The van der Waals surface area contributed by atoms with E-state index < -0.39 is 12.1 Å². The molecule has 5 nitrogen and oxygen atoms in total. The first-order valence-electron chi connectivity index (χ1n) is 7.88. The number of carbonyl (C=O) groups excluding carboxylic acids is 1. The van der Waals surface area contributed by atoms with Crippen LogP contribution in [0, 0.1) is 0 Å². The average Bonchev–Trinajstić information content (AvgIpc) is 2.42. The van der Waals surface area contributed by atoms with Gasteiger partial charge in [0.15, 0.2) is 0 Å². The number of nitrogens with zero attached hydrogens (tertiary/aromatic N) is 1. The lowest BCUT2D eigenvalue weighted by Crippen LogP contribution is -2.37. The smallest absolute Gasteiger partial charge is 0.341 e. The molecular formula is C18H30N2O3. The Hall–Kier alpha value is -1.75. The number of hydrogen-bond acceptors (Lipinski definition) is 3. The van der Waals surface area contributed by atoms with Crippen molar-refractivity contribution < 1.29 is 15.1 Å². The van der Waals surface area contributed by atoms with Crippen molar-refractivity contribution in [2.24, 2.45) is 0 Å². The van der Waals surface area contributed by atoms with E-state index in [0.717, 1.165) is 16.7 Å². The van der Waals surface area contributed by atoms with E-state index in [-0.39, 0.29) is 16.6 Å². The highest BCUT2D eigenvalue weighted by atomic mass is 16.5. The van der Waals surface area contributed by atoms with Crippen LogP contribution < -0.4 is 5.32 Å². The van der Waals surface area contributed by atoms with Crippen molar-refractivity contribution in [1.29, 1.82) is 0 Å². The van der Waals surface area contributed by atoms with Crippen LogP contribution in [-0.2, 0) is 10.8 Å². The number of hydroxylamine groups is 2. The van der Waals surface area contributed by atoms with Crippen LogP contribution in [0.5, 0.6) is 5.75 Å². The molecule has 0 radical (unpaired) electrons. The molecule has 2 amide bonds. The highest BCUT2D eigenvalue weighted by Crippen LogP contribution is 2.41. The van der Waals surface area contributed by atoms with Crippen LogP contribution >= 0.6 is 0 Å². The molecule has 0 aliphatic heterocycles. The lowest BCUT2D eigenvalue weighted by atomic mass is 9.78. The Labute approximate surface area is 139 Å². The van der Waals surface area contributed by atoms with E-state index in [1.54, 1.807) is 6.92 Å². The number of amides is 2. The summed E-state index contributed by atoms with van der Waals surface area (Å²) >= 11 is 0. The number of carbonyl (C=O) groups is 1. The molecule has 130 valence electrons. The molecule has 0 bridgehead atoms. The zero-order valence-electron chi connectivity index (χ0n) is 15.5. The van der Waals surface area contributed by atoms with Crippen molar-refractivity contribution in [2.45, 2.75) is 65.3 Å². The Morgan fingerprint density at radius 1 is 1.09 bits per heavy atom. The van der Waals surface area contributed by atoms with Crippen molar-refractivity contribution in [1.82, 2.24) is 10.4 Å². The van der Waals surface area contributed by atoms with Crippen LogP contribution in [0.2, 0.25) is 0 Å². The first-order valence-corrected chi connectivity index (χ1v) is 7.88. The maximum Gasteiger partial charge on any atom is 0.341 e. The van der Waals surface area contributed by atoms with E-state index in [0.29, 0.717) is 5.06 Å². The van der Waals surface area contributed by atoms with Crippen LogP contribution in [0.25, 0.3) is 0 Å². The average molecular weight is 322 g/mol. The molecule has 1 aromatic rings. The number of hydrogen-bond donors (Lipinski definition) is 3. The summed E-state index contributed by atoms with van der Waals surface area (Å²) < 4.78 is 0. The number of aromatic hydroxyl groups is 1. The Kier molecular flexibility index (Phi) is 5.37. The quantitative estimate of drug-likeness (QED) is 0.567. The van der Waals surface area contributed by atoms with Gasteiger partial charge in [0, 0.05) is 7.05 Å². The number of rotatable bonds is 2. The van der Waals surface area contributed by atoms with Gasteiger partial charge in [0.1, 0.15) is 5.75 Å². The summed E-state index contributed by atoms with van der Waals surface area (Å²) in [5, 5.41) is 23.8. The Morgan fingerprint density at radius 2 is 1.48 bits per heavy atom. The van der Waals surface area contributed by atoms with E-state index in [1.807, 2.05) is 53.7 Å².